The van der Waals surface area contributed by atoms with Gasteiger partial charge in [0.25, 0.3) is 0 Å². The van der Waals surface area contributed by atoms with Gasteiger partial charge in [-0.2, -0.15) is 5.10 Å². The molecule has 0 aliphatic rings. The maximum absolute atomic E-state index is 12.0. The lowest BCUT2D eigenvalue weighted by Gasteiger charge is -2.08. The number of para-hydroxylation sites is 1. The van der Waals surface area contributed by atoms with Gasteiger partial charge in [-0.25, -0.2) is 9.48 Å². The lowest BCUT2D eigenvalue weighted by molar-refractivity contribution is 0.0489. The highest BCUT2D eigenvalue weighted by molar-refractivity contribution is 6.32. The van der Waals surface area contributed by atoms with E-state index in [2.05, 4.69) is 5.10 Å². The molecule has 1 heterocycles. The van der Waals surface area contributed by atoms with Crippen LogP contribution in [0.4, 0.5) is 0 Å². The molecular weight excluding hydrogens is 264 g/mol. The maximum Gasteiger partial charge on any atom is 0.357 e. The minimum absolute atomic E-state index is 0.379. The van der Waals surface area contributed by atoms with E-state index in [1.54, 1.807) is 24.4 Å². The molecule has 100 valence electrons. The van der Waals surface area contributed by atoms with Crippen LogP contribution in [0.3, 0.4) is 0 Å². The Balaban J connectivity index is 2.23. The van der Waals surface area contributed by atoms with Gasteiger partial charge in [-0.15, -0.1) is 0 Å². The van der Waals surface area contributed by atoms with Crippen molar-refractivity contribution in [3.8, 4) is 5.69 Å². The third kappa shape index (κ3) is 3.15. The predicted molar refractivity (Wildman–Crippen MR) is 73.8 cm³/mol. The number of nitrogens with zero attached hydrogens (tertiary/aromatic N) is 2. The van der Waals surface area contributed by atoms with E-state index in [0.29, 0.717) is 23.0 Å². The lowest BCUT2D eigenvalue weighted by Crippen LogP contribution is -2.13. The Hall–Kier alpha value is -1.81. The van der Waals surface area contributed by atoms with E-state index in [-0.39, 0.29) is 5.97 Å². The van der Waals surface area contributed by atoms with Crippen molar-refractivity contribution in [2.24, 2.45) is 0 Å². The number of rotatable bonds is 5. The Labute approximate surface area is 116 Å². The topological polar surface area (TPSA) is 44.1 Å². The molecule has 2 rings (SSSR count). The molecule has 0 fully saturated rings. The number of esters is 1. The van der Waals surface area contributed by atoms with Crippen LogP contribution in [0.2, 0.25) is 5.02 Å². The van der Waals surface area contributed by atoms with Crippen molar-refractivity contribution < 1.29 is 9.53 Å². The second-order valence-corrected chi connectivity index (χ2v) is 4.48. The highest BCUT2D eigenvalue weighted by Crippen LogP contribution is 2.20. The van der Waals surface area contributed by atoms with Crippen molar-refractivity contribution in [2.45, 2.75) is 19.8 Å². The summed E-state index contributed by atoms with van der Waals surface area (Å²) in [5, 5.41) is 4.66. The van der Waals surface area contributed by atoms with Crippen molar-refractivity contribution in [1.29, 1.82) is 0 Å². The van der Waals surface area contributed by atoms with E-state index >= 15 is 0 Å². The van der Waals surface area contributed by atoms with Crippen LogP contribution in [0.5, 0.6) is 0 Å². The molecule has 0 N–H and O–H groups in total. The molecule has 0 bridgehead atoms. The molecule has 0 aliphatic carbocycles. The Kier molecular flexibility index (Phi) is 4.58. The maximum atomic E-state index is 12.0. The van der Waals surface area contributed by atoms with Crippen LogP contribution in [0.15, 0.2) is 36.5 Å². The summed E-state index contributed by atoms with van der Waals surface area (Å²) in [5.74, 6) is -0.383. The number of carbonyl (C=O) groups excluding carboxylic acids is 1. The largest absolute Gasteiger partial charge is 0.461 e. The Morgan fingerprint density at radius 2 is 2.16 bits per heavy atom. The van der Waals surface area contributed by atoms with Crippen molar-refractivity contribution in [2.75, 3.05) is 6.61 Å². The molecule has 0 amide bonds. The zero-order valence-electron chi connectivity index (χ0n) is 10.7. The summed E-state index contributed by atoms with van der Waals surface area (Å²) in [4.78, 5) is 12.0. The van der Waals surface area contributed by atoms with Crippen LogP contribution in [0.25, 0.3) is 5.69 Å². The van der Waals surface area contributed by atoms with Crippen LogP contribution in [-0.4, -0.2) is 22.4 Å². The zero-order chi connectivity index (χ0) is 13.7. The van der Waals surface area contributed by atoms with Gasteiger partial charge in [0, 0.05) is 0 Å². The fraction of sp³-hybridized carbons (Fsp3) is 0.286. The molecule has 4 nitrogen and oxygen atoms in total. The van der Waals surface area contributed by atoms with Gasteiger partial charge in [0.2, 0.25) is 0 Å². The molecule has 0 spiro atoms. The first kappa shape index (κ1) is 13.6. The minimum Gasteiger partial charge on any atom is -0.461 e. The summed E-state index contributed by atoms with van der Waals surface area (Å²) >= 11 is 6.11. The first-order valence-corrected chi connectivity index (χ1v) is 6.58. The summed E-state index contributed by atoms with van der Waals surface area (Å²) in [6.45, 7) is 2.46. The number of ether oxygens (including phenoxy) is 1. The van der Waals surface area contributed by atoms with Crippen molar-refractivity contribution >= 4 is 17.6 Å². The van der Waals surface area contributed by atoms with Crippen LogP contribution in [0, 0.1) is 0 Å². The summed E-state index contributed by atoms with van der Waals surface area (Å²) in [5.41, 5.74) is 1.04. The van der Waals surface area contributed by atoms with Gasteiger partial charge in [-0.1, -0.05) is 37.1 Å². The molecular formula is C14H15ClN2O2. The molecule has 1 aromatic heterocycles. The fourth-order valence-corrected chi connectivity index (χ4v) is 1.87. The molecule has 2 aromatic rings. The monoisotopic (exact) mass is 278 g/mol. The predicted octanol–water partition coefficient (Wildman–Crippen LogP) is 3.48. The van der Waals surface area contributed by atoms with E-state index in [0.717, 1.165) is 12.8 Å². The summed E-state index contributed by atoms with van der Waals surface area (Å²) < 4.78 is 6.68. The standard InChI is InChI=1S/C14H15ClN2O2/c1-2-3-10-19-14(18)13-8-9-16-17(13)12-7-5-4-6-11(12)15/h4-9H,2-3,10H2,1H3. The van der Waals surface area contributed by atoms with Crippen LogP contribution in [0.1, 0.15) is 30.3 Å². The Morgan fingerprint density at radius 1 is 1.37 bits per heavy atom. The molecule has 0 saturated carbocycles. The number of aromatic nitrogens is 2. The van der Waals surface area contributed by atoms with E-state index in [1.807, 2.05) is 19.1 Å². The molecule has 0 unspecified atom stereocenters. The van der Waals surface area contributed by atoms with Crippen molar-refractivity contribution in [3.05, 3.63) is 47.2 Å². The van der Waals surface area contributed by atoms with Gasteiger partial charge in [-0.05, 0) is 24.6 Å². The number of carbonyl (C=O) groups is 1. The number of halogens is 1. The molecule has 0 saturated heterocycles. The number of unbranched alkanes of at least 4 members (excludes halogenated alkanes) is 1. The van der Waals surface area contributed by atoms with Crippen LogP contribution < -0.4 is 0 Å². The highest BCUT2D eigenvalue weighted by Gasteiger charge is 2.15. The van der Waals surface area contributed by atoms with Gasteiger partial charge in [0.05, 0.1) is 23.5 Å². The summed E-state index contributed by atoms with van der Waals surface area (Å²) in [6.07, 6.45) is 3.39. The van der Waals surface area contributed by atoms with E-state index < -0.39 is 0 Å². The second-order valence-electron chi connectivity index (χ2n) is 4.07. The van der Waals surface area contributed by atoms with E-state index in [1.165, 1.54) is 4.68 Å². The van der Waals surface area contributed by atoms with Gasteiger partial charge in [0.15, 0.2) is 5.69 Å². The zero-order valence-corrected chi connectivity index (χ0v) is 11.4. The van der Waals surface area contributed by atoms with Gasteiger partial charge >= 0.3 is 5.97 Å². The van der Waals surface area contributed by atoms with Gasteiger partial charge in [-0.3, -0.25) is 0 Å². The summed E-state index contributed by atoms with van der Waals surface area (Å²) in [6, 6.07) is 8.85. The quantitative estimate of drug-likeness (QED) is 0.621. The third-order valence-electron chi connectivity index (χ3n) is 2.66. The lowest BCUT2D eigenvalue weighted by atomic mass is 10.3. The van der Waals surface area contributed by atoms with Crippen LogP contribution in [-0.2, 0) is 4.74 Å². The van der Waals surface area contributed by atoms with Gasteiger partial charge < -0.3 is 4.74 Å². The van der Waals surface area contributed by atoms with E-state index in [9.17, 15) is 4.79 Å². The highest BCUT2D eigenvalue weighted by atomic mass is 35.5. The fourth-order valence-electron chi connectivity index (χ4n) is 1.66. The van der Waals surface area contributed by atoms with Crippen LogP contribution >= 0.6 is 11.6 Å². The Morgan fingerprint density at radius 3 is 2.89 bits per heavy atom. The number of hydrogen-bond donors (Lipinski definition) is 0. The SMILES string of the molecule is CCCCOC(=O)c1ccnn1-c1ccccc1Cl. The minimum atomic E-state index is -0.383. The normalized spacial score (nSPS) is 10.4. The smallest absolute Gasteiger partial charge is 0.357 e. The summed E-state index contributed by atoms with van der Waals surface area (Å²) in [7, 11) is 0. The molecule has 5 heteroatoms. The second kappa shape index (κ2) is 6.38. The van der Waals surface area contributed by atoms with Crippen molar-refractivity contribution in [1.82, 2.24) is 9.78 Å². The van der Waals surface area contributed by atoms with E-state index in [4.69, 9.17) is 16.3 Å². The van der Waals surface area contributed by atoms with Gasteiger partial charge in [0.1, 0.15) is 0 Å². The average Bonchev–Trinajstić information content (AvgIpc) is 2.88. The molecule has 19 heavy (non-hydrogen) atoms. The number of hydrogen-bond acceptors (Lipinski definition) is 3. The first-order valence-electron chi connectivity index (χ1n) is 6.20. The average molecular weight is 279 g/mol. The molecule has 1 aromatic carbocycles. The molecule has 0 atom stereocenters. The third-order valence-corrected chi connectivity index (χ3v) is 2.98. The first-order chi connectivity index (χ1) is 9.24. The van der Waals surface area contributed by atoms with Crippen molar-refractivity contribution in [3.63, 3.8) is 0 Å². The molecule has 0 aliphatic heterocycles. The number of benzene rings is 1. The molecule has 0 radical (unpaired) electrons. The Bertz CT molecular complexity index is 566.